The molecule has 0 saturated carbocycles. The second-order valence-electron chi connectivity index (χ2n) is 8.96. The van der Waals surface area contributed by atoms with Gasteiger partial charge in [-0.25, -0.2) is 4.98 Å². The molecule has 0 aliphatic heterocycles. The Kier molecular flexibility index (Phi) is 4.64. The molecular weight excluding hydrogens is 450 g/mol. The molecule has 0 saturated heterocycles. The number of nitrogens with zero attached hydrogens (tertiary/aromatic N) is 3. The molecule has 1 aliphatic rings. The number of fused-ring (bicyclic) bond motifs is 5. The number of halogens is 1. The summed E-state index contributed by atoms with van der Waals surface area (Å²) in [5.41, 5.74) is 10.0. The van der Waals surface area contributed by atoms with Gasteiger partial charge in [-0.3, -0.25) is 8.97 Å². The van der Waals surface area contributed by atoms with Crippen molar-refractivity contribution in [1.82, 2.24) is 14.0 Å². The van der Waals surface area contributed by atoms with Crippen molar-refractivity contribution in [3.8, 4) is 27.9 Å². The average molecular weight is 472 g/mol. The van der Waals surface area contributed by atoms with E-state index in [-0.39, 0.29) is 0 Å². The Bertz CT molecular complexity index is 1680. The van der Waals surface area contributed by atoms with E-state index in [4.69, 9.17) is 16.6 Å². The lowest BCUT2D eigenvalue weighted by Gasteiger charge is -2.13. The molecule has 0 spiro atoms. The second kappa shape index (κ2) is 8.00. The normalized spacial score (nSPS) is 12.9. The van der Waals surface area contributed by atoms with Gasteiger partial charge in [-0.1, -0.05) is 84.4 Å². The van der Waals surface area contributed by atoms with Gasteiger partial charge in [0.2, 0.25) is 5.78 Å². The summed E-state index contributed by atoms with van der Waals surface area (Å²) in [6.45, 7) is 0. The van der Waals surface area contributed by atoms with Gasteiger partial charge in [0.25, 0.3) is 0 Å². The number of rotatable bonds is 3. The number of benzene rings is 4. The molecule has 4 heteroatoms. The molecule has 168 valence electrons. The van der Waals surface area contributed by atoms with Gasteiger partial charge < -0.3 is 0 Å². The molecule has 0 radical (unpaired) electrons. The van der Waals surface area contributed by atoms with Crippen molar-refractivity contribution in [1.29, 1.82) is 0 Å². The molecule has 2 aromatic heterocycles. The van der Waals surface area contributed by atoms with Gasteiger partial charge in [0.15, 0.2) is 0 Å². The van der Waals surface area contributed by atoms with E-state index in [9.17, 15) is 0 Å². The van der Waals surface area contributed by atoms with Crippen molar-refractivity contribution in [2.75, 3.05) is 0 Å². The third-order valence-electron chi connectivity index (χ3n) is 6.82. The minimum atomic E-state index is 0.716. The molecule has 0 atom stereocenters. The van der Waals surface area contributed by atoms with E-state index in [2.05, 4.69) is 106 Å². The van der Waals surface area contributed by atoms with E-state index >= 15 is 0 Å². The van der Waals surface area contributed by atoms with Gasteiger partial charge in [0, 0.05) is 0 Å². The molecule has 0 N–H and O–H groups in total. The minimum Gasteiger partial charge on any atom is -0.277 e. The highest BCUT2D eigenvalue weighted by Gasteiger charge is 2.23. The van der Waals surface area contributed by atoms with Crippen LogP contribution in [0.1, 0.15) is 17.8 Å². The fourth-order valence-corrected chi connectivity index (χ4v) is 5.46. The first kappa shape index (κ1) is 20.3. The zero-order chi connectivity index (χ0) is 23.4. The number of para-hydroxylation sites is 1. The zero-order valence-corrected chi connectivity index (χ0v) is 19.8. The predicted molar refractivity (Wildman–Crippen MR) is 145 cm³/mol. The number of hydrogen-bond acceptors (Lipinski definition) is 1. The summed E-state index contributed by atoms with van der Waals surface area (Å²) in [5, 5.41) is 0.716. The molecule has 4 aromatic carbocycles. The highest BCUT2D eigenvalue weighted by molar-refractivity contribution is 6.35. The quantitative estimate of drug-likeness (QED) is 0.255. The maximum atomic E-state index is 6.86. The van der Waals surface area contributed by atoms with Crippen LogP contribution in [0.4, 0.5) is 0 Å². The van der Waals surface area contributed by atoms with Crippen molar-refractivity contribution < 1.29 is 0 Å². The number of aromatic nitrogens is 3. The number of allylic oxidation sites excluding steroid dienone is 1. The lowest BCUT2D eigenvalue weighted by atomic mass is 9.98. The highest BCUT2D eigenvalue weighted by Crippen LogP contribution is 2.37. The predicted octanol–water partition coefficient (Wildman–Crippen LogP) is 8.23. The third-order valence-corrected chi connectivity index (χ3v) is 7.12. The Morgan fingerprint density at radius 3 is 2.09 bits per heavy atom. The van der Waals surface area contributed by atoms with E-state index in [1.54, 1.807) is 0 Å². The first-order chi connectivity index (χ1) is 17.3. The molecule has 0 fully saturated rings. The fourth-order valence-electron chi connectivity index (χ4n) is 5.21. The van der Waals surface area contributed by atoms with E-state index in [0.717, 1.165) is 57.9 Å². The first-order valence-electron chi connectivity index (χ1n) is 11.9. The van der Waals surface area contributed by atoms with Crippen molar-refractivity contribution in [2.24, 2.45) is 0 Å². The maximum absolute atomic E-state index is 6.86. The van der Waals surface area contributed by atoms with Crippen LogP contribution in [0.25, 0.3) is 50.8 Å². The number of aryl methyl sites for hydroxylation is 1. The van der Waals surface area contributed by atoms with Gasteiger partial charge in [-0.2, -0.15) is 0 Å². The molecule has 35 heavy (non-hydrogen) atoms. The number of imidazole rings is 2. The van der Waals surface area contributed by atoms with Gasteiger partial charge in [-0.15, -0.1) is 0 Å². The van der Waals surface area contributed by atoms with Crippen LogP contribution in [0.2, 0.25) is 5.02 Å². The molecule has 0 bridgehead atoms. The van der Waals surface area contributed by atoms with Gasteiger partial charge in [0.1, 0.15) is 0 Å². The van der Waals surface area contributed by atoms with Crippen molar-refractivity contribution in [3.63, 3.8) is 0 Å². The Morgan fingerprint density at radius 1 is 0.714 bits per heavy atom. The van der Waals surface area contributed by atoms with Crippen LogP contribution in [0.15, 0.2) is 103 Å². The summed E-state index contributed by atoms with van der Waals surface area (Å²) >= 11 is 6.86. The summed E-state index contributed by atoms with van der Waals surface area (Å²) in [7, 11) is 0. The number of hydrogen-bond donors (Lipinski definition) is 0. The van der Waals surface area contributed by atoms with Crippen LogP contribution in [0.5, 0.6) is 0 Å². The molecule has 1 aliphatic carbocycles. The minimum absolute atomic E-state index is 0.716. The van der Waals surface area contributed by atoms with Gasteiger partial charge >= 0.3 is 0 Å². The molecular formula is C31H22ClN3. The topological polar surface area (TPSA) is 22.2 Å². The summed E-state index contributed by atoms with van der Waals surface area (Å²) in [4.78, 5) is 5.13. The zero-order valence-electron chi connectivity index (χ0n) is 19.0. The summed E-state index contributed by atoms with van der Waals surface area (Å²) in [5.74, 6) is 0.897. The molecule has 6 aromatic rings. The van der Waals surface area contributed by atoms with Gasteiger partial charge in [-0.05, 0) is 71.5 Å². The Balaban J connectivity index is 1.59. The van der Waals surface area contributed by atoms with Crippen LogP contribution in [-0.4, -0.2) is 14.0 Å². The SMILES string of the molecule is Clc1cccc2c1n(-c1cc(-c3ccccc3)cc(-c3ccccc3)c1)c1nc3c(n21)C=CCC3. The monoisotopic (exact) mass is 471 g/mol. The molecule has 0 amide bonds. The lowest BCUT2D eigenvalue weighted by Crippen LogP contribution is -1.98. The third kappa shape index (κ3) is 3.23. The van der Waals surface area contributed by atoms with Crippen molar-refractivity contribution in [2.45, 2.75) is 12.8 Å². The van der Waals surface area contributed by atoms with E-state index in [0.29, 0.717) is 5.02 Å². The Labute approximate surface area is 208 Å². The first-order valence-corrected chi connectivity index (χ1v) is 12.3. The summed E-state index contributed by atoms with van der Waals surface area (Å²) < 4.78 is 4.48. The second-order valence-corrected chi connectivity index (χ2v) is 9.37. The Morgan fingerprint density at radius 2 is 1.40 bits per heavy atom. The van der Waals surface area contributed by atoms with Crippen LogP contribution < -0.4 is 0 Å². The standard InChI is InChI=1S/C31H22ClN3/c32-26-14-9-17-29-30(26)34(31-33-27-15-7-8-16-28(27)35(29)31)25-19-23(21-10-3-1-4-11-21)18-24(20-25)22-12-5-2-6-13-22/h1-6,8-14,16-20H,7,15H2. The largest absolute Gasteiger partial charge is 0.277 e. The van der Waals surface area contributed by atoms with Gasteiger partial charge in [0.05, 0.1) is 33.1 Å². The summed E-state index contributed by atoms with van der Waals surface area (Å²) in [6.07, 6.45) is 6.40. The van der Waals surface area contributed by atoms with E-state index in [1.165, 1.54) is 11.1 Å². The van der Waals surface area contributed by atoms with Crippen LogP contribution >= 0.6 is 11.6 Å². The Hall–Kier alpha value is -4.08. The molecule has 7 rings (SSSR count). The highest BCUT2D eigenvalue weighted by atomic mass is 35.5. The van der Waals surface area contributed by atoms with Crippen molar-refractivity contribution >= 4 is 34.5 Å². The molecule has 2 heterocycles. The molecule has 3 nitrogen and oxygen atoms in total. The van der Waals surface area contributed by atoms with Crippen LogP contribution in [-0.2, 0) is 6.42 Å². The average Bonchev–Trinajstić information content (AvgIpc) is 3.45. The van der Waals surface area contributed by atoms with Crippen LogP contribution in [0, 0.1) is 0 Å². The smallest absolute Gasteiger partial charge is 0.220 e. The van der Waals surface area contributed by atoms with Crippen molar-refractivity contribution in [3.05, 3.63) is 120 Å². The van der Waals surface area contributed by atoms with Crippen LogP contribution in [0.3, 0.4) is 0 Å². The molecule has 0 unspecified atom stereocenters. The fraction of sp³-hybridized carbons (Fsp3) is 0.0645. The van der Waals surface area contributed by atoms with E-state index < -0.39 is 0 Å². The lowest BCUT2D eigenvalue weighted by molar-refractivity contribution is 0.940. The van der Waals surface area contributed by atoms with E-state index in [1.807, 2.05) is 12.1 Å². The maximum Gasteiger partial charge on any atom is 0.220 e. The summed E-state index contributed by atoms with van der Waals surface area (Å²) in [6, 6.07) is 33.9.